The molecule has 0 bridgehead atoms. The molecule has 0 N–H and O–H groups in total. The molecule has 0 rings (SSSR count). The molecule has 0 aromatic rings. The molecule has 0 aliphatic carbocycles. The van der Waals surface area contributed by atoms with Gasteiger partial charge in [-0.3, -0.25) is 14.4 Å². The molecule has 1 unspecified atom stereocenters. The Morgan fingerprint density at radius 2 is 0.577 bits per heavy atom. The average Bonchev–Trinajstić information content (AvgIpc) is 3.37. The lowest BCUT2D eigenvalue weighted by atomic mass is 10.0. The maximum Gasteiger partial charge on any atom is 0.306 e. The Balaban J connectivity index is 4.15. The van der Waals surface area contributed by atoms with Crippen LogP contribution in [0.15, 0.2) is 60.8 Å². The van der Waals surface area contributed by atoms with Gasteiger partial charge in [-0.1, -0.05) is 281 Å². The summed E-state index contributed by atoms with van der Waals surface area (Å²) in [7, 11) is 0. The maximum atomic E-state index is 12.8. The Labute approximate surface area is 440 Å². The van der Waals surface area contributed by atoms with Crippen molar-refractivity contribution in [1.29, 1.82) is 0 Å². The third kappa shape index (κ3) is 57.9. The van der Waals surface area contributed by atoms with E-state index >= 15 is 0 Å². The van der Waals surface area contributed by atoms with Gasteiger partial charge in [0.15, 0.2) is 6.10 Å². The van der Waals surface area contributed by atoms with Gasteiger partial charge in [-0.2, -0.15) is 0 Å². The van der Waals surface area contributed by atoms with Crippen LogP contribution in [0.1, 0.15) is 316 Å². The monoisotopic (exact) mass is 993 g/mol. The fourth-order valence-electron chi connectivity index (χ4n) is 8.91. The number of esters is 3. The lowest BCUT2D eigenvalue weighted by molar-refractivity contribution is -0.167. The third-order valence-corrected chi connectivity index (χ3v) is 13.5. The molecular formula is C65H116O6. The minimum absolute atomic E-state index is 0.0912. The fraction of sp³-hybridized carbons (Fsp3) is 0.800. The lowest BCUT2D eigenvalue weighted by Gasteiger charge is -2.18. The van der Waals surface area contributed by atoms with E-state index in [-0.39, 0.29) is 37.5 Å². The number of carbonyl (C=O) groups is 3. The Morgan fingerprint density at radius 3 is 0.958 bits per heavy atom. The molecule has 0 aromatic heterocycles. The Morgan fingerprint density at radius 1 is 0.296 bits per heavy atom. The van der Waals surface area contributed by atoms with E-state index < -0.39 is 6.10 Å². The van der Waals surface area contributed by atoms with Crippen molar-refractivity contribution in [2.24, 2.45) is 0 Å². The van der Waals surface area contributed by atoms with Gasteiger partial charge in [0.05, 0.1) is 0 Å². The summed E-state index contributed by atoms with van der Waals surface area (Å²) in [5, 5.41) is 0. The zero-order valence-electron chi connectivity index (χ0n) is 47.2. The lowest BCUT2D eigenvalue weighted by Crippen LogP contribution is -2.30. The van der Waals surface area contributed by atoms with E-state index in [0.29, 0.717) is 19.3 Å². The molecule has 1 atom stereocenters. The van der Waals surface area contributed by atoms with Crippen LogP contribution >= 0.6 is 0 Å². The molecule has 71 heavy (non-hydrogen) atoms. The molecular weight excluding hydrogens is 877 g/mol. The van der Waals surface area contributed by atoms with E-state index in [9.17, 15) is 14.4 Å². The van der Waals surface area contributed by atoms with E-state index in [0.717, 1.165) is 96.3 Å². The summed E-state index contributed by atoms with van der Waals surface area (Å²) in [5.41, 5.74) is 0. The Bertz CT molecular complexity index is 1280. The number of allylic oxidation sites excluding steroid dienone is 10. The normalized spacial score (nSPS) is 12.4. The molecule has 0 amide bonds. The van der Waals surface area contributed by atoms with Crippen LogP contribution in [0.2, 0.25) is 0 Å². The molecule has 412 valence electrons. The molecule has 0 saturated heterocycles. The zero-order valence-corrected chi connectivity index (χ0v) is 47.2. The van der Waals surface area contributed by atoms with Crippen LogP contribution in [-0.2, 0) is 28.6 Å². The topological polar surface area (TPSA) is 78.9 Å². The first-order valence-corrected chi connectivity index (χ1v) is 30.8. The number of carbonyl (C=O) groups excluding carboxylic acids is 3. The van der Waals surface area contributed by atoms with E-state index in [1.807, 2.05) is 0 Å². The van der Waals surface area contributed by atoms with Crippen LogP contribution in [0.4, 0.5) is 0 Å². The summed E-state index contributed by atoms with van der Waals surface area (Å²) in [4.78, 5) is 38.1. The quantitative estimate of drug-likeness (QED) is 0.0261. The largest absolute Gasteiger partial charge is 0.462 e. The van der Waals surface area contributed by atoms with Gasteiger partial charge in [-0.25, -0.2) is 0 Å². The molecule has 0 aliphatic heterocycles. The van der Waals surface area contributed by atoms with Crippen molar-refractivity contribution in [1.82, 2.24) is 0 Å². The molecule has 0 radical (unpaired) electrons. The molecule has 0 fully saturated rings. The summed E-state index contributed by atoms with van der Waals surface area (Å²) in [6.07, 6.45) is 75.4. The van der Waals surface area contributed by atoms with Crippen molar-refractivity contribution < 1.29 is 28.6 Å². The van der Waals surface area contributed by atoms with Crippen LogP contribution < -0.4 is 0 Å². The first-order valence-electron chi connectivity index (χ1n) is 30.8. The molecule has 6 nitrogen and oxygen atoms in total. The van der Waals surface area contributed by atoms with Crippen molar-refractivity contribution in [3.05, 3.63) is 60.8 Å². The second kappa shape index (κ2) is 59.7. The van der Waals surface area contributed by atoms with Crippen LogP contribution in [0.25, 0.3) is 0 Å². The number of unbranched alkanes of at least 4 members (excludes halogenated alkanes) is 35. The minimum atomic E-state index is -0.797. The summed E-state index contributed by atoms with van der Waals surface area (Å²) in [6.45, 7) is 6.45. The number of ether oxygens (including phenoxy) is 3. The van der Waals surface area contributed by atoms with Crippen molar-refractivity contribution in [3.8, 4) is 0 Å². The number of rotatable bonds is 56. The third-order valence-electron chi connectivity index (χ3n) is 13.5. The van der Waals surface area contributed by atoms with E-state index in [4.69, 9.17) is 14.2 Å². The predicted molar refractivity (Wildman–Crippen MR) is 307 cm³/mol. The summed E-state index contributed by atoms with van der Waals surface area (Å²) < 4.78 is 16.8. The second-order valence-corrected chi connectivity index (χ2v) is 20.6. The van der Waals surface area contributed by atoms with Crippen LogP contribution in [0.3, 0.4) is 0 Å². The highest BCUT2D eigenvalue weighted by molar-refractivity contribution is 5.71. The van der Waals surface area contributed by atoms with Gasteiger partial charge in [-0.05, 0) is 77.0 Å². The van der Waals surface area contributed by atoms with Gasteiger partial charge in [-0.15, -0.1) is 0 Å². The van der Waals surface area contributed by atoms with Crippen molar-refractivity contribution >= 4 is 17.9 Å². The molecule has 0 saturated carbocycles. The maximum absolute atomic E-state index is 12.8. The molecule has 0 spiro atoms. The predicted octanol–water partition coefficient (Wildman–Crippen LogP) is 20.8. The minimum Gasteiger partial charge on any atom is -0.462 e. The first kappa shape index (κ1) is 68.1. The van der Waals surface area contributed by atoms with Gasteiger partial charge < -0.3 is 14.2 Å². The van der Waals surface area contributed by atoms with Crippen molar-refractivity contribution in [2.75, 3.05) is 13.2 Å². The zero-order chi connectivity index (χ0) is 51.4. The number of hydrogen-bond acceptors (Lipinski definition) is 6. The Kier molecular flexibility index (Phi) is 57.2. The second-order valence-electron chi connectivity index (χ2n) is 20.6. The van der Waals surface area contributed by atoms with Gasteiger partial charge in [0, 0.05) is 19.3 Å². The summed E-state index contributed by atoms with van der Waals surface area (Å²) in [5.74, 6) is -0.933. The fourth-order valence-corrected chi connectivity index (χ4v) is 8.91. The average molecular weight is 994 g/mol. The summed E-state index contributed by atoms with van der Waals surface area (Å²) in [6, 6.07) is 0. The highest BCUT2D eigenvalue weighted by Crippen LogP contribution is 2.17. The Hall–Kier alpha value is -2.89. The van der Waals surface area contributed by atoms with Crippen LogP contribution in [0.5, 0.6) is 0 Å². The smallest absolute Gasteiger partial charge is 0.306 e. The van der Waals surface area contributed by atoms with E-state index in [2.05, 4.69) is 81.5 Å². The van der Waals surface area contributed by atoms with E-state index in [1.54, 1.807) is 0 Å². The molecule has 0 aromatic carbocycles. The highest BCUT2D eigenvalue weighted by atomic mass is 16.6. The van der Waals surface area contributed by atoms with Gasteiger partial charge in [0.2, 0.25) is 0 Å². The van der Waals surface area contributed by atoms with Gasteiger partial charge >= 0.3 is 17.9 Å². The molecule has 0 heterocycles. The SMILES string of the molecule is CC/C=C\C/C=C\C/C=C\C/C=C\CCCCC(=O)OC(COC(=O)CCCCCCC/C=C\CCC)COC(=O)CCCCCCCCCCCCCCCCCCCCCCCCCCCCCC. The first-order chi connectivity index (χ1) is 35.0. The van der Waals surface area contributed by atoms with Crippen molar-refractivity contribution in [2.45, 2.75) is 322 Å². The standard InChI is InChI=1S/C65H116O6/c1-4-7-10-13-16-19-22-24-26-27-28-29-30-31-32-33-34-35-36-37-38-40-41-43-46-49-52-55-58-64(67)70-61-62(60-69-63(66)57-54-51-48-45-21-18-15-12-9-6-3)71-65(68)59-56-53-50-47-44-42-39-25-23-20-17-14-11-8-5-2/h8,11-12,15,17,20,25,39,44,47,62H,4-7,9-10,13-14,16,18-19,21-24,26-38,40-43,45-46,48-61H2,1-3H3/b11-8-,15-12-,20-17-,39-25-,47-44-. The molecule has 0 aliphatic rings. The van der Waals surface area contributed by atoms with Gasteiger partial charge in [0.25, 0.3) is 0 Å². The summed E-state index contributed by atoms with van der Waals surface area (Å²) >= 11 is 0. The van der Waals surface area contributed by atoms with Gasteiger partial charge in [0.1, 0.15) is 13.2 Å². The highest BCUT2D eigenvalue weighted by Gasteiger charge is 2.19. The van der Waals surface area contributed by atoms with Crippen molar-refractivity contribution in [3.63, 3.8) is 0 Å². The van der Waals surface area contributed by atoms with Crippen LogP contribution in [0, 0.1) is 0 Å². The number of hydrogen-bond donors (Lipinski definition) is 0. The molecule has 6 heteroatoms. The van der Waals surface area contributed by atoms with E-state index in [1.165, 1.54) is 173 Å². The van der Waals surface area contributed by atoms with Crippen LogP contribution in [-0.4, -0.2) is 37.2 Å².